The zero-order valence-electron chi connectivity index (χ0n) is 10.3. The molecule has 0 aliphatic carbocycles. The Morgan fingerprint density at radius 2 is 1.94 bits per heavy atom. The van der Waals surface area contributed by atoms with Crippen LogP contribution in [0.1, 0.15) is 39.5 Å². The van der Waals surface area contributed by atoms with Crippen LogP contribution in [0.15, 0.2) is 0 Å². The second-order valence-corrected chi connectivity index (χ2v) is 5.20. The molecule has 2 aliphatic rings. The summed E-state index contributed by atoms with van der Waals surface area (Å²) in [6.45, 7) is 6.21. The zero-order chi connectivity index (χ0) is 11.5. The SMILES string of the molecule is CC1CCCC(C)N1NC(=O)C1CCNC1. The summed E-state index contributed by atoms with van der Waals surface area (Å²) in [4.78, 5) is 12.0. The topological polar surface area (TPSA) is 44.4 Å². The molecule has 2 rings (SSSR count). The van der Waals surface area contributed by atoms with E-state index in [1.807, 2.05) is 0 Å². The van der Waals surface area contributed by atoms with Gasteiger partial charge in [0.05, 0.1) is 5.92 Å². The van der Waals surface area contributed by atoms with Gasteiger partial charge in [0.25, 0.3) is 0 Å². The smallest absolute Gasteiger partial charge is 0.238 e. The summed E-state index contributed by atoms with van der Waals surface area (Å²) in [5.74, 6) is 0.368. The second kappa shape index (κ2) is 5.15. The molecule has 0 aromatic heterocycles. The van der Waals surface area contributed by atoms with Gasteiger partial charge in [-0.2, -0.15) is 0 Å². The number of rotatable bonds is 2. The molecule has 3 atom stereocenters. The van der Waals surface area contributed by atoms with E-state index in [2.05, 4.69) is 29.6 Å². The van der Waals surface area contributed by atoms with Crippen LogP contribution in [-0.2, 0) is 4.79 Å². The predicted octanol–water partition coefficient (Wildman–Crippen LogP) is 0.890. The first-order valence-corrected chi connectivity index (χ1v) is 6.48. The lowest BCUT2D eigenvalue weighted by atomic mass is 9.99. The summed E-state index contributed by atoms with van der Waals surface area (Å²) >= 11 is 0. The van der Waals surface area contributed by atoms with Crippen LogP contribution >= 0.6 is 0 Å². The standard InChI is InChI=1S/C12H23N3O/c1-9-4-3-5-10(2)15(9)14-12(16)11-6-7-13-8-11/h9-11,13H,3-8H2,1-2H3,(H,14,16). The molecule has 92 valence electrons. The Bertz CT molecular complexity index is 241. The molecule has 0 bridgehead atoms. The fourth-order valence-corrected chi connectivity index (χ4v) is 2.74. The molecule has 2 fully saturated rings. The molecule has 0 radical (unpaired) electrons. The number of hydrogen-bond donors (Lipinski definition) is 2. The van der Waals surface area contributed by atoms with Gasteiger partial charge in [-0.3, -0.25) is 10.2 Å². The van der Waals surface area contributed by atoms with Crippen molar-refractivity contribution in [3.8, 4) is 0 Å². The second-order valence-electron chi connectivity index (χ2n) is 5.20. The molecule has 4 nitrogen and oxygen atoms in total. The van der Waals surface area contributed by atoms with Crippen LogP contribution in [0, 0.1) is 5.92 Å². The van der Waals surface area contributed by atoms with Crippen molar-refractivity contribution in [2.24, 2.45) is 5.92 Å². The highest BCUT2D eigenvalue weighted by atomic mass is 16.2. The van der Waals surface area contributed by atoms with Crippen molar-refractivity contribution in [2.75, 3.05) is 13.1 Å². The average Bonchev–Trinajstić information content (AvgIpc) is 2.76. The van der Waals surface area contributed by atoms with E-state index in [9.17, 15) is 4.79 Å². The third kappa shape index (κ3) is 2.55. The molecule has 0 aromatic rings. The third-order valence-corrected chi connectivity index (χ3v) is 3.86. The van der Waals surface area contributed by atoms with Gasteiger partial charge in [-0.05, 0) is 39.7 Å². The maximum Gasteiger partial charge on any atom is 0.238 e. The number of hydrogen-bond acceptors (Lipinski definition) is 3. The Labute approximate surface area is 97.7 Å². The molecule has 2 saturated heterocycles. The molecule has 4 heteroatoms. The van der Waals surface area contributed by atoms with E-state index < -0.39 is 0 Å². The van der Waals surface area contributed by atoms with E-state index >= 15 is 0 Å². The van der Waals surface area contributed by atoms with Gasteiger partial charge in [-0.25, -0.2) is 5.01 Å². The molecule has 0 aromatic carbocycles. The minimum Gasteiger partial charge on any atom is -0.316 e. The van der Waals surface area contributed by atoms with E-state index in [4.69, 9.17) is 0 Å². The Morgan fingerprint density at radius 3 is 2.50 bits per heavy atom. The molecule has 1 amide bonds. The molecule has 16 heavy (non-hydrogen) atoms. The quantitative estimate of drug-likeness (QED) is 0.733. The summed E-state index contributed by atoms with van der Waals surface area (Å²) in [6, 6.07) is 0.948. The highest BCUT2D eigenvalue weighted by molar-refractivity contribution is 5.78. The minimum atomic E-state index is 0.168. The van der Waals surface area contributed by atoms with Crippen molar-refractivity contribution in [3.63, 3.8) is 0 Å². The van der Waals surface area contributed by atoms with Gasteiger partial charge in [0.15, 0.2) is 0 Å². The van der Waals surface area contributed by atoms with Gasteiger partial charge < -0.3 is 5.32 Å². The van der Waals surface area contributed by atoms with Gasteiger partial charge in [0.1, 0.15) is 0 Å². The Morgan fingerprint density at radius 1 is 1.25 bits per heavy atom. The molecule has 3 unspecified atom stereocenters. The molecule has 0 saturated carbocycles. The van der Waals surface area contributed by atoms with E-state index in [1.54, 1.807) is 0 Å². The molecule has 0 spiro atoms. The van der Waals surface area contributed by atoms with Crippen LogP contribution in [-0.4, -0.2) is 36.1 Å². The largest absolute Gasteiger partial charge is 0.316 e. The lowest BCUT2D eigenvalue weighted by molar-refractivity contribution is -0.132. The number of carbonyl (C=O) groups is 1. The number of carbonyl (C=O) groups excluding carboxylic acids is 1. The number of piperidine rings is 1. The summed E-state index contributed by atoms with van der Waals surface area (Å²) in [5, 5.41) is 5.39. The van der Waals surface area contributed by atoms with Gasteiger partial charge in [-0.1, -0.05) is 6.42 Å². The number of nitrogens with zero attached hydrogens (tertiary/aromatic N) is 1. The van der Waals surface area contributed by atoms with Crippen molar-refractivity contribution in [1.29, 1.82) is 0 Å². The van der Waals surface area contributed by atoms with Crippen LogP contribution in [0.25, 0.3) is 0 Å². The van der Waals surface area contributed by atoms with Crippen molar-refractivity contribution in [1.82, 2.24) is 15.8 Å². The van der Waals surface area contributed by atoms with Crippen LogP contribution in [0.5, 0.6) is 0 Å². The van der Waals surface area contributed by atoms with Crippen LogP contribution in [0.2, 0.25) is 0 Å². The van der Waals surface area contributed by atoms with Crippen molar-refractivity contribution < 1.29 is 4.79 Å². The predicted molar refractivity (Wildman–Crippen MR) is 63.7 cm³/mol. The van der Waals surface area contributed by atoms with Gasteiger partial charge in [-0.15, -0.1) is 0 Å². The normalized spacial score (nSPS) is 36.2. The average molecular weight is 225 g/mol. The summed E-state index contributed by atoms with van der Waals surface area (Å²) in [7, 11) is 0. The van der Waals surface area contributed by atoms with Crippen molar-refractivity contribution in [2.45, 2.75) is 51.6 Å². The maximum atomic E-state index is 12.0. The molecule has 2 aliphatic heterocycles. The highest BCUT2D eigenvalue weighted by Crippen LogP contribution is 2.20. The first-order valence-electron chi connectivity index (χ1n) is 6.48. The molecular formula is C12H23N3O. The van der Waals surface area contributed by atoms with E-state index in [1.165, 1.54) is 19.3 Å². The number of amides is 1. The zero-order valence-corrected chi connectivity index (χ0v) is 10.3. The molecular weight excluding hydrogens is 202 g/mol. The Hall–Kier alpha value is -0.610. The first-order chi connectivity index (χ1) is 7.68. The number of hydrazine groups is 1. The van der Waals surface area contributed by atoms with Crippen LogP contribution in [0.3, 0.4) is 0 Å². The summed E-state index contributed by atoms with van der Waals surface area (Å²) in [6.07, 6.45) is 4.63. The fraction of sp³-hybridized carbons (Fsp3) is 0.917. The van der Waals surface area contributed by atoms with Crippen LogP contribution < -0.4 is 10.7 Å². The fourth-order valence-electron chi connectivity index (χ4n) is 2.74. The molecule has 2 N–H and O–H groups in total. The first kappa shape index (κ1) is 11.9. The maximum absolute atomic E-state index is 12.0. The van der Waals surface area contributed by atoms with E-state index in [0.29, 0.717) is 12.1 Å². The summed E-state index contributed by atoms with van der Waals surface area (Å²) in [5.41, 5.74) is 3.11. The summed E-state index contributed by atoms with van der Waals surface area (Å²) < 4.78 is 0. The monoisotopic (exact) mass is 225 g/mol. The Kier molecular flexibility index (Phi) is 3.82. The number of nitrogens with one attached hydrogen (secondary N) is 2. The lowest BCUT2D eigenvalue weighted by Crippen LogP contribution is -2.55. The van der Waals surface area contributed by atoms with E-state index in [0.717, 1.165) is 19.5 Å². The van der Waals surface area contributed by atoms with Crippen LogP contribution in [0.4, 0.5) is 0 Å². The molecule has 2 heterocycles. The van der Waals surface area contributed by atoms with Crippen molar-refractivity contribution >= 4 is 5.91 Å². The minimum absolute atomic E-state index is 0.168. The lowest BCUT2D eigenvalue weighted by Gasteiger charge is -2.39. The third-order valence-electron chi connectivity index (χ3n) is 3.86. The van der Waals surface area contributed by atoms with Gasteiger partial charge >= 0.3 is 0 Å². The van der Waals surface area contributed by atoms with E-state index in [-0.39, 0.29) is 11.8 Å². The van der Waals surface area contributed by atoms with Gasteiger partial charge in [0.2, 0.25) is 5.91 Å². The Balaban J connectivity index is 1.88. The van der Waals surface area contributed by atoms with Crippen molar-refractivity contribution in [3.05, 3.63) is 0 Å². The van der Waals surface area contributed by atoms with Gasteiger partial charge in [0, 0.05) is 18.6 Å². The highest BCUT2D eigenvalue weighted by Gasteiger charge is 2.29.